The van der Waals surface area contributed by atoms with E-state index in [9.17, 15) is 14.7 Å². The maximum absolute atomic E-state index is 12.5. The van der Waals surface area contributed by atoms with Gasteiger partial charge in [-0.25, -0.2) is 9.78 Å². The average Bonchev–Trinajstić information content (AvgIpc) is 3.23. The monoisotopic (exact) mass is 453 g/mol. The number of unbranched alkanes of at least 4 members (excludes halogenated alkanes) is 1. The summed E-state index contributed by atoms with van der Waals surface area (Å²) in [5, 5.41) is 12.8. The molecule has 1 unspecified atom stereocenters. The van der Waals surface area contributed by atoms with E-state index in [1.165, 1.54) is 0 Å². The van der Waals surface area contributed by atoms with E-state index in [4.69, 9.17) is 11.6 Å². The number of aromatic amines is 1. The summed E-state index contributed by atoms with van der Waals surface area (Å²) < 4.78 is 0. The van der Waals surface area contributed by atoms with Crippen molar-refractivity contribution in [2.75, 3.05) is 0 Å². The molecule has 6 nitrogen and oxygen atoms in total. The molecule has 0 aliphatic rings. The molecule has 3 rings (SSSR count). The first kappa shape index (κ1) is 23.5. The third-order valence-corrected chi connectivity index (χ3v) is 5.72. The number of hydrogen-bond acceptors (Lipinski definition) is 3. The highest BCUT2D eigenvalue weighted by atomic mass is 35.5. The fourth-order valence-corrected chi connectivity index (χ4v) is 3.98. The second kappa shape index (κ2) is 11.5. The second-order valence-electron chi connectivity index (χ2n) is 7.83. The zero-order valence-electron chi connectivity index (χ0n) is 18.1. The fourth-order valence-electron chi connectivity index (χ4n) is 3.72. The third-order valence-electron chi connectivity index (χ3n) is 5.37. The summed E-state index contributed by atoms with van der Waals surface area (Å²) in [5.74, 6) is -0.670. The van der Waals surface area contributed by atoms with Crippen LogP contribution in [-0.2, 0) is 22.4 Å². The van der Waals surface area contributed by atoms with Crippen LogP contribution in [0.3, 0.4) is 0 Å². The average molecular weight is 454 g/mol. The highest BCUT2D eigenvalue weighted by Crippen LogP contribution is 2.32. The van der Waals surface area contributed by atoms with Crippen LogP contribution in [0.2, 0.25) is 5.02 Å². The molecule has 7 heteroatoms. The summed E-state index contributed by atoms with van der Waals surface area (Å²) in [6.07, 6.45) is 4.84. The van der Waals surface area contributed by atoms with Gasteiger partial charge in [0.1, 0.15) is 11.9 Å². The molecule has 0 bridgehead atoms. The summed E-state index contributed by atoms with van der Waals surface area (Å²) in [5.41, 5.74) is 2.49. The fraction of sp³-hybridized carbons (Fsp3) is 0.320. The number of H-pyrrole nitrogens is 1. The Labute approximate surface area is 193 Å². The number of rotatable bonds is 11. The smallest absolute Gasteiger partial charge is 0.326 e. The van der Waals surface area contributed by atoms with Gasteiger partial charge >= 0.3 is 5.97 Å². The lowest BCUT2D eigenvalue weighted by atomic mass is 9.93. The first-order valence-corrected chi connectivity index (χ1v) is 11.2. The maximum Gasteiger partial charge on any atom is 0.326 e. The van der Waals surface area contributed by atoms with Gasteiger partial charge in [0.05, 0.1) is 6.42 Å². The number of aliphatic carboxylic acids is 1. The van der Waals surface area contributed by atoms with E-state index >= 15 is 0 Å². The number of carbonyl (C=O) groups excluding carboxylic acids is 1. The van der Waals surface area contributed by atoms with Crippen LogP contribution in [0.1, 0.15) is 54.7 Å². The van der Waals surface area contributed by atoms with Gasteiger partial charge in [0.15, 0.2) is 0 Å². The molecule has 168 valence electrons. The number of aromatic nitrogens is 2. The van der Waals surface area contributed by atoms with Gasteiger partial charge in [-0.15, -0.1) is 0 Å². The summed E-state index contributed by atoms with van der Waals surface area (Å²) in [4.78, 5) is 31.9. The van der Waals surface area contributed by atoms with Crippen molar-refractivity contribution in [1.82, 2.24) is 15.3 Å². The molecule has 3 N–H and O–H groups in total. The third kappa shape index (κ3) is 6.44. The lowest BCUT2D eigenvalue weighted by Gasteiger charge is -2.16. The van der Waals surface area contributed by atoms with E-state index in [2.05, 4.69) is 22.2 Å². The molecule has 0 spiro atoms. The van der Waals surface area contributed by atoms with Gasteiger partial charge in [0.2, 0.25) is 5.91 Å². The molecule has 0 saturated carbocycles. The Kier molecular flexibility index (Phi) is 8.45. The number of nitrogens with one attached hydrogen (secondary N) is 2. The van der Waals surface area contributed by atoms with Crippen LogP contribution in [0.5, 0.6) is 0 Å². The minimum Gasteiger partial charge on any atom is -0.480 e. The molecule has 3 aromatic rings. The predicted octanol–water partition coefficient (Wildman–Crippen LogP) is 4.74. The summed E-state index contributed by atoms with van der Waals surface area (Å²) in [6, 6.07) is 16.0. The van der Waals surface area contributed by atoms with Crippen LogP contribution in [-0.4, -0.2) is 33.0 Å². The molecule has 0 fully saturated rings. The SMILES string of the molecule is CCCCC(c1ncc(CC(=O)N[C@H](Cc2ccccc2)C(=O)O)[nH]1)c1ccccc1Cl. The molecule has 2 atom stereocenters. The lowest BCUT2D eigenvalue weighted by molar-refractivity contribution is -0.141. The molecule has 1 aromatic heterocycles. The number of nitrogens with zero attached hydrogens (tertiary/aromatic N) is 1. The zero-order valence-corrected chi connectivity index (χ0v) is 18.8. The minimum atomic E-state index is -1.06. The highest BCUT2D eigenvalue weighted by molar-refractivity contribution is 6.31. The van der Waals surface area contributed by atoms with Gasteiger partial charge in [-0.1, -0.05) is 79.9 Å². The number of carbonyl (C=O) groups is 2. The highest BCUT2D eigenvalue weighted by Gasteiger charge is 2.23. The van der Waals surface area contributed by atoms with Crippen molar-refractivity contribution in [2.45, 2.75) is 51.0 Å². The van der Waals surface area contributed by atoms with Crippen LogP contribution in [0, 0.1) is 0 Å². The first-order chi connectivity index (χ1) is 15.5. The largest absolute Gasteiger partial charge is 0.480 e. The first-order valence-electron chi connectivity index (χ1n) is 10.8. The molecule has 1 amide bonds. The van der Waals surface area contributed by atoms with E-state index < -0.39 is 12.0 Å². The summed E-state index contributed by atoms with van der Waals surface area (Å²) >= 11 is 6.43. The molecule has 1 heterocycles. The van der Waals surface area contributed by atoms with Crippen molar-refractivity contribution in [3.8, 4) is 0 Å². The van der Waals surface area contributed by atoms with Gasteiger partial charge in [-0.05, 0) is 23.6 Å². The Morgan fingerprint density at radius 2 is 1.84 bits per heavy atom. The topological polar surface area (TPSA) is 95.1 Å². The van der Waals surface area contributed by atoms with Crippen molar-refractivity contribution in [3.05, 3.63) is 88.5 Å². The van der Waals surface area contributed by atoms with E-state index in [0.29, 0.717) is 10.7 Å². The molecule has 2 aromatic carbocycles. The van der Waals surface area contributed by atoms with Gasteiger partial charge in [0.25, 0.3) is 0 Å². The number of carboxylic acids is 1. The van der Waals surface area contributed by atoms with Crippen LogP contribution >= 0.6 is 11.6 Å². The van der Waals surface area contributed by atoms with E-state index in [1.54, 1.807) is 6.20 Å². The van der Waals surface area contributed by atoms with Crippen LogP contribution < -0.4 is 5.32 Å². The molecule has 0 radical (unpaired) electrons. The molecule has 0 saturated heterocycles. The Morgan fingerprint density at radius 1 is 1.12 bits per heavy atom. The Hall–Kier alpha value is -3.12. The molecule has 0 aliphatic heterocycles. The number of benzene rings is 2. The van der Waals surface area contributed by atoms with Crippen molar-refractivity contribution >= 4 is 23.5 Å². The molecule has 0 aliphatic carbocycles. The number of amides is 1. The van der Waals surface area contributed by atoms with Gasteiger partial charge in [0, 0.05) is 29.3 Å². The van der Waals surface area contributed by atoms with Crippen LogP contribution in [0.15, 0.2) is 60.8 Å². The Bertz CT molecular complexity index is 1040. The zero-order chi connectivity index (χ0) is 22.9. The van der Waals surface area contributed by atoms with Gasteiger partial charge in [-0.3, -0.25) is 4.79 Å². The number of halogens is 1. The van der Waals surface area contributed by atoms with Crippen molar-refractivity contribution < 1.29 is 14.7 Å². The van der Waals surface area contributed by atoms with E-state index in [0.717, 1.165) is 36.2 Å². The van der Waals surface area contributed by atoms with E-state index in [-0.39, 0.29) is 24.7 Å². The lowest BCUT2D eigenvalue weighted by Crippen LogP contribution is -2.43. The summed E-state index contributed by atoms with van der Waals surface area (Å²) in [6.45, 7) is 2.13. The Balaban J connectivity index is 1.69. The molecule has 32 heavy (non-hydrogen) atoms. The van der Waals surface area contributed by atoms with Gasteiger partial charge < -0.3 is 15.4 Å². The van der Waals surface area contributed by atoms with Crippen molar-refractivity contribution in [3.63, 3.8) is 0 Å². The quantitative estimate of drug-likeness (QED) is 0.390. The predicted molar refractivity (Wildman–Crippen MR) is 125 cm³/mol. The Morgan fingerprint density at radius 3 is 2.53 bits per heavy atom. The number of imidazole rings is 1. The van der Waals surface area contributed by atoms with E-state index in [1.807, 2.05) is 54.6 Å². The van der Waals surface area contributed by atoms with Crippen LogP contribution in [0.4, 0.5) is 0 Å². The molecular weight excluding hydrogens is 426 g/mol. The van der Waals surface area contributed by atoms with Crippen molar-refractivity contribution in [1.29, 1.82) is 0 Å². The molecular formula is C25H28ClN3O3. The van der Waals surface area contributed by atoms with Crippen LogP contribution in [0.25, 0.3) is 0 Å². The van der Waals surface area contributed by atoms with Gasteiger partial charge in [-0.2, -0.15) is 0 Å². The second-order valence-corrected chi connectivity index (χ2v) is 8.24. The normalized spacial score (nSPS) is 12.8. The number of hydrogen-bond donors (Lipinski definition) is 3. The summed E-state index contributed by atoms with van der Waals surface area (Å²) in [7, 11) is 0. The minimum absolute atomic E-state index is 0.00492. The van der Waals surface area contributed by atoms with Crippen molar-refractivity contribution in [2.24, 2.45) is 0 Å². The maximum atomic E-state index is 12.5. The number of carboxylic acid groups (broad SMARTS) is 1. The standard InChI is InChI=1S/C25H28ClN3O3/c1-2-3-11-20(19-12-7-8-13-21(19)26)24-27-16-18(28-24)15-23(30)29-22(25(31)32)14-17-9-5-4-6-10-17/h4-10,12-13,16,20,22H,2-3,11,14-15H2,1H3,(H,27,28)(H,29,30)(H,31,32)/t20?,22-/m1/s1.